The first kappa shape index (κ1) is 20.2. The summed E-state index contributed by atoms with van der Waals surface area (Å²) < 4.78 is 8.32. The monoisotopic (exact) mass is 412 g/mol. The van der Waals surface area contributed by atoms with Crippen molar-refractivity contribution in [2.75, 3.05) is 0 Å². The number of halogens is 2. The zero-order valence-corrected chi connectivity index (χ0v) is 17.4. The van der Waals surface area contributed by atoms with E-state index in [9.17, 15) is 0 Å². The van der Waals surface area contributed by atoms with Gasteiger partial charge in [0.05, 0.1) is 5.52 Å². The van der Waals surface area contributed by atoms with E-state index in [1.807, 2.05) is 36.5 Å². The largest absolute Gasteiger partial charge is 0.487 e. The van der Waals surface area contributed by atoms with Crippen LogP contribution in [0.25, 0.3) is 10.9 Å². The Kier molecular flexibility index (Phi) is 6.28. The van der Waals surface area contributed by atoms with Crippen LogP contribution in [0, 0.1) is 13.8 Å². The van der Waals surface area contributed by atoms with Crippen LogP contribution in [0.2, 0.25) is 5.02 Å². The molecule has 0 saturated heterocycles. The fraction of sp³-hybridized carbons (Fsp3) is 0.174. The fourth-order valence-corrected chi connectivity index (χ4v) is 3.54. The molecule has 4 aromatic rings. The average Bonchev–Trinajstić information content (AvgIpc) is 2.94. The number of hydrogen-bond acceptors (Lipinski definition) is 2. The van der Waals surface area contributed by atoms with Gasteiger partial charge in [0.15, 0.2) is 0 Å². The molecule has 0 aliphatic carbocycles. The van der Waals surface area contributed by atoms with Crippen LogP contribution in [0.5, 0.6) is 5.75 Å². The average molecular weight is 413 g/mol. The van der Waals surface area contributed by atoms with E-state index in [1.165, 1.54) is 22.2 Å². The molecule has 5 heteroatoms. The second-order valence-corrected chi connectivity index (χ2v) is 7.11. The minimum absolute atomic E-state index is 0. The molecule has 0 radical (unpaired) electrons. The highest BCUT2D eigenvalue weighted by Crippen LogP contribution is 2.28. The van der Waals surface area contributed by atoms with Crippen LogP contribution < -0.4 is 4.74 Å². The lowest BCUT2D eigenvalue weighted by Crippen LogP contribution is -2.06. The minimum Gasteiger partial charge on any atom is -0.487 e. The number of benzene rings is 2. The van der Waals surface area contributed by atoms with Crippen LogP contribution in [-0.4, -0.2) is 9.55 Å². The fourth-order valence-electron chi connectivity index (χ4n) is 3.42. The second kappa shape index (κ2) is 8.68. The molecular weight excluding hydrogens is 391 g/mol. The van der Waals surface area contributed by atoms with Gasteiger partial charge in [0, 0.05) is 28.8 Å². The van der Waals surface area contributed by atoms with Gasteiger partial charge >= 0.3 is 0 Å². The smallest absolute Gasteiger partial charge is 0.132 e. The maximum Gasteiger partial charge on any atom is 0.132 e. The van der Waals surface area contributed by atoms with E-state index >= 15 is 0 Å². The van der Waals surface area contributed by atoms with Crippen LogP contribution in [0.1, 0.15) is 22.5 Å². The van der Waals surface area contributed by atoms with Crippen LogP contribution >= 0.6 is 24.0 Å². The number of rotatable bonds is 5. The van der Waals surface area contributed by atoms with Gasteiger partial charge in [0.25, 0.3) is 0 Å². The summed E-state index contributed by atoms with van der Waals surface area (Å²) in [6.07, 6.45) is 1.86. The number of aromatic nitrogens is 2. The number of nitrogens with zero attached hydrogens (tertiary/aromatic N) is 2. The zero-order valence-electron chi connectivity index (χ0n) is 15.9. The van der Waals surface area contributed by atoms with Crippen LogP contribution in [0.3, 0.4) is 0 Å². The van der Waals surface area contributed by atoms with Gasteiger partial charge in [0.1, 0.15) is 18.1 Å². The Morgan fingerprint density at radius 3 is 2.39 bits per heavy atom. The number of aryl methyl sites for hydroxylation is 1. The molecule has 0 unspecified atom stereocenters. The van der Waals surface area contributed by atoms with Gasteiger partial charge in [-0.15, -0.1) is 12.4 Å². The van der Waals surface area contributed by atoms with Crippen LogP contribution in [0.4, 0.5) is 0 Å². The molecule has 0 bridgehead atoms. The summed E-state index contributed by atoms with van der Waals surface area (Å²) in [5, 5.41) is 1.93. The second-order valence-electron chi connectivity index (χ2n) is 6.68. The summed E-state index contributed by atoms with van der Waals surface area (Å²) in [6, 6.07) is 20.0. The normalized spacial score (nSPS) is 10.7. The van der Waals surface area contributed by atoms with Gasteiger partial charge in [-0.3, -0.25) is 4.98 Å². The lowest BCUT2D eigenvalue weighted by molar-refractivity contribution is 0.302. The lowest BCUT2D eigenvalue weighted by atomic mass is 10.2. The highest BCUT2D eigenvalue weighted by molar-refractivity contribution is 6.30. The molecule has 4 rings (SSSR count). The summed E-state index contributed by atoms with van der Waals surface area (Å²) in [5.74, 6) is 0.785. The Labute approximate surface area is 176 Å². The maximum atomic E-state index is 5.98. The highest BCUT2D eigenvalue weighted by Gasteiger charge is 2.16. The highest BCUT2D eigenvalue weighted by atomic mass is 35.5. The molecule has 0 N–H and O–H groups in total. The number of ether oxygens (including phenoxy) is 1. The van der Waals surface area contributed by atoms with Crippen molar-refractivity contribution in [3.05, 3.63) is 94.4 Å². The van der Waals surface area contributed by atoms with E-state index in [0.29, 0.717) is 11.6 Å². The van der Waals surface area contributed by atoms with Crippen molar-refractivity contribution in [2.45, 2.75) is 27.0 Å². The molecule has 2 heterocycles. The van der Waals surface area contributed by atoms with Gasteiger partial charge in [-0.1, -0.05) is 41.9 Å². The third kappa shape index (κ3) is 4.01. The molecule has 0 aliphatic rings. The lowest BCUT2D eigenvalue weighted by Gasteiger charge is -2.12. The third-order valence-corrected chi connectivity index (χ3v) is 5.25. The van der Waals surface area contributed by atoms with E-state index in [2.05, 4.69) is 53.7 Å². The number of hydrogen-bond donors (Lipinski definition) is 0. The minimum atomic E-state index is 0. The van der Waals surface area contributed by atoms with Crippen LogP contribution in [-0.2, 0) is 13.2 Å². The van der Waals surface area contributed by atoms with Crippen molar-refractivity contribution in [1.82, 2.24) is 9.55 Å². The summed E-state index contributed by atoms with van der Waals surface area (Å²) in [7, 11) is 0. The van der Waals surface area contributed by atoms with Crippen molar-refractivity contribution in [3.8, 4) is 5.75 Å². The van der Waals surface area contributed by atoms with Crippen molar-refractivity contribution >= 4 is 34.9 Å². The van der Waals surface area contributed by atoms with Crippen molar-refractivity contribution in [3.63, 3.8) is 0 Å². The van der Waals surface area contributed by atoms with Crippen molar-refractivity contribution < 1.29 is 4.74 Å². The SMILES string of the molecule is Cc1c(C)n(Cc2ccccc2)c2c(COc3ccc(Cl)cc3)nccc12.Cl. The van der Waals surface area contributed by atoms with Gasteiger partial charge in [-0.05, 0) is 55.3 Å². The van der Waals surface area contributed by atoms with Crippen molar-refractivity contribution in [1.29, 1.82) is 0 Å². The number of pyridine rings is 1. The molecule has 2 aromatic heterocycles. The van der Waals surface area contributed by atoms with E-state index in [-0.39, 0.29) is 12.4 Å². The molecule has 0 atom stereocenters. The zero-order chi connectivity index (χ0) is 18.8. The molecule has 2 aromatic carbocycles. The Balaban J connectivity index is 0.00000225. The van der Waals surface area contributed by atoms with E-state index < -0.39 is 0 Å². The van der Waals surface area contributed by atoms with E-state index in [4.69, 9.17) is 16.3 Å². The first-order valence-corrected chi connectivity index (χ1v) is 9.37. The molecule has 0 fully saturated rings. The predicted molar refractivity (Wildman–Crippen MR) is 118 cm³/mol. The topological polar surface area (TPSA) is 27.1 Å². The summed E-state index contributed by atoms with van der Waals surface area (Å²) in [4.78, 5) is 4.62. The maximum absolute atomic E-state index is 5.98. The van der Waals surface area contributed by atoms with Crippen molar-refractivity contribution in [2.24, 2.45) is 0 Å². The van der Waals surface area contributed by atoms with Gasteiger partial charge in [-0.25, -0.2) is 0 Å². The predicted octanol–water partition coefficient (Wildman–Crippen LogP) is 6.36. The van der Waals surface area contributed by atoms with E-state index in [0.717, 1.165) is 23.5 Å². The molecule has 0 saturated carbocycles. The molecular formula is C23H22Cl2N2O. The summed E-state index contributed by atoms with van der Waals surface area (Å²) in [6.45, 7) is 5.57. The molecule has 28 heavy (non-hydrogen) atoms. The number of fused-ring (bicyclic) bond motifs is 1. The van der Waals surface area contributed by atoms with Crippen LogP contribution in [0.15, 0.2) is 66.9 Å². The van der Waals surface area contributed by atoms with E-state index in [1.54, 1.807) is 0 Å². The molecule has 144 valence electrons. The van der Waals surface area contributed by atoms with Gasteiger partial charge < -0.3 is 9.30 Å². The Bertz CT molecular complexity index is 1070. The quantitative estimate of drug-likeness (QED) is 0.381. The Morgan fingerprint density at radius 1 is 0.964 bits per heavy atom. The Morgan fingerprint density at radius 2 is 1.68 bits per heavy atom. The summed E-state index contributed by atoms with van der Waals surface area (Å²) in [5.41, 5.74) is 5.90. The first-order valence-electron chi connectivity index (χ1n) is 8.99. The van der Waals surface area contributed by atoms with Gasteiger partial charge in [-0.2, -0.15) is 0 Å². The summed E-state index contributed by atoms with van der Waals surface area (Å²) >= 11 is 5.95. The first-order chi connectivity index (χ1) is 13.1. The third-order valence-electron chi connectivity index (χ3n) is 4.99. The Hall–Kier alpha value is -2.49. The molecule has 3 nitrogen and oxygen atoms in total. The molecule has 0 amide bonds. The molecule has 0 spiro atoms. The standard InChI is InChI=1S/C23H21ClN2O.ClH/c1-16-17(2)26(14-18-6-4-3-5-7-18)23-21(16)12-13-25-22(23)15-27-20-10-8-19(24)9-11-20;/h3-13H,14-15H2,1-2H3;1H. The molecule has 0 aliphatic heterocycles. The van der Waals surface area contributed by atoms with Gasteiger partial charge in [0.2, 0.25) is 0 Å².